The van der Waals surface area contributed by atoms with Crippen molar-refractivity contribution >= 4 is 11.6 Å². The molecule has 1 aliphatic rings. The molecule has 4 heteroatoms. The van der Waals surface area contributed by atoms with Crippen LogP contribution in [0.4, 0.5) is 5.69 Å². The zero-order chi connectivity index (χ0) is 14.8. The number of hydrogen-bond acceptors (Lipinski definition) is 3. The van der Waals surface area contributed by atoms with Gasteiger partial charge in [-0.1, -0.05) is 19.1 Å². The Morgan fingerprint density at radius 3 is 2.90 bits per heavy atom. The molecule has 0 aliphatic carbocycles. The molecule has 0 saturated heterocycles. The molecule has 0 radical (unpaired) electrons. The number of anilines is 1. The third-order valence-corrected chi connectivity index (χ3v) is 3.95. The van der Waals surface area contributed by atoms with Crippen LogP contribution < -0.4 is 11.1 Å². The molecule has 3 rings (SSSR count). The maximum atomic E-state index is 11.6. The predicted molar refractivity (Wildman–Crippen MR) is 82.1 cm³/mol. The molecule has 1 amide bonds. The predicted octanol–water partition coefficient (Wildman–Crippen LogP) is 3.16. The van der Waals surface area contributed by atoms with E-state index in [1.807, 2.05) is 24.3 Å². The van der Waals surface area contributed by atoms with Crippen LogP contribution in [0.15, 0.2) is 34.7 Å². The van der Waals surface area contributed by atoms with E-state index in [1.54, 1.807) is 0 Å². The van der Waals surface area contributed by atoms with Gasteiger partial charge in [-0.05, 0) is 42.2 Å². The number of nitrogens with one attached hydrogen (secondary N) is 1. The van der Waals surface area contributed by atoms with Crippen LogP contribution in [0.2, 0.25) is 0 Å². The van der Waals surface area contributed by atoms with Crippen LogP contribution in [0.5, 0.6) is 0 Å². The average molecular weight is 284 g/mol. The highest BCUT2D eigenvalue weighted by Crippen LogP contribution is 2.28. The first kappa shape index (κ1) is 13.9. The summed E-state index contributed by atoms with van der Waals surface area (Å²) in [6, 6.07) is 9.63. The lowest BCUT2D eigenvalue weighted by molar-refractivity contribution is -0.116. The molecule has 4 nitrogen and oxygen atoms in total. The van der Waals surface area contributed by atoms with Gasteiger partial charge in [0.15, 0.2) is 0 Å². The molecule has 1 aromatic carbocycles. The Hall–Kier alpha value is -2.07. The maximum Gasteiger partial charge on any atom is 0.224 e. The highest BCUT2D eigenvalue weighted by atomic mass is 16.3. The standard InChI is InChI=1S/C17H20N2O2/c1-2-13-7-9-15(21-13)17(18)12-6-8-14-11(10-12)4-3-5-16(20)19-14/h6-10,17H,2-5,18H2,1H3,(H,19,20). The molecular weight excluding hydrogens is 264 g/mol. The van der Waals surface area contributed by atoms with E-state index in [0.29, 0.717) is 6.42 Å². The second-order valence-corrected chi connectivity index (χ2v) is 5.45. The minimum Gasteiger partial charge on any atom is -0.464 e. The van der Waals surface area contributed by atoms with Crippen molar-refractivity contribution in [1.29, 1.82) is 0 Å². The van der Waals surface area contributed by atoms with Crippen molar-refractivity contribution in [2.45, 2.75) is 38.6 Å². The van der Waals surface area contributed by atoms with E-state index in [2.05, 4.69) is 18.3 Å². The van der Waals surface area contributed by atoms with E-state index in [9.17, 15) is 4.79 Å². The molecule has 2 aromatic rings. The van der Waals surface area contributed by atoms with E-state index in [4.69, 9.17) is 10.2 Å². The fourth-order valence-corrected chi connectivity index (χ4v) is 2.70. The topological polar surface area (TPSA) is 68.3 Å². The van der Waals surface area contributed by atoms with Crippen LogP contribution in [-0.4, -0.2) is 5.91 Å². The first-order chi connectivity index (χ1) is 10.2. The molecular formula is C17H20N2O2. The zero-order valence-corrected chi connectivity index (χ0v) is 12.2. The second kappa shape index (κ2) is 5.74. The lowest BCUT2D eigenvalue weighted by Crippen LogP contribution is -2.12. The highest BCUT2D eigenvalue weighted by Gasteiger charge is 2.17. The molecule has 1 atom stereocenters. The number of furan rings is 1. The molecule has 1 aromatic heterocycles. The first-order valence-electron chi connectivity index (χ1n) is 7.44. The Morgan fingerprint density at radius 2 is 2.14 bits per heavy atom. The minimum absolute atomic E-state index is 0.0874. The highest BCUT2D eigenvalue weighted by molar-refractivity contribution is 5.92. The molecule has 21 heavy (non-hydrogen) atoms. The van der Waals surface area contributed by atoms with E-state index in [-0.39, 0.29) is 11.9 Å². The number of fused-ring (bicyclic) bond motifs is 1. The van der Waals surface area contributed by atoms with Crippen LogP contribution in [0.1, 0.15) is 48.5 Å². The number of aryl methyl sites for hydroxylation is 2. The molecule has 110 valence electrons. The van der Waals surface area contributed by atoms with Gasteiger partial charge in [0.05, 0.1) is 6.04 Å². The summed E-state index contributed by atoms with van der Waals surface area (Å²) in [5, 5.41) is 2.94. The summed E-state index contributed by atoms with van der Waals surface area (Å²) in [5.41, 5.74) is 9.37. The van der Waals surface area contributed by atoms with Crippen molar-refractivity contribution in [3.63, 3.8) is 0 Å². The number of carbonyl (C=O) groups excluding carboxylic acids is 1. The molecule has 0 fully saturated rings. The van der Waals surface area contributed by atoms with Crippen molar-refractivity contribution in [2.75, 3.05) is 5.32 Å². The van der Waals surface area contributed by atoms with Gasteiger partial charge < -0.3 is 15.5 Å². The van der Waals surface area contributed by atoms with Crippen LogP contribution in [0.3, 0.4) is 0 Å². The fourth-order valence-electron chi connectivity index (χ4n) is 2.70. The number of benzene rings is 1. The van der Waals surface area contributed by atoms with E-state index in [0.717, 1.165) is 47.6 Å². The Morgan fingerprint density at radius 1 is 1.29 bits per heavy atom. The third-order valence-electron chi connectivity index (χ3n) is 3.95. The summed E-state index contributed by atoms with van der Waals surface area (Å²) in [6.45, 7) is 2.05. The molecule has 3 N–H and O–H groups in total. The molecule has 1 aliphatic heterocycles. The van der Waals surface area contributed by atoms with E-state index in [1.165, 1.54) is 0 Å². The zero-order valence-electron chi connectivity index (χ0n) is 12.2. The minimum atomic E-state index is -0.269. The SMILES string of the molecule is CCc1ccc(C(N)c2ccc3c(c2)CCCC(=O)N3)o1. The average Bonchev–Trinajstić information content (AvgIpc) is 2.89. The normalized spacial score (nSPS) is 16.0. The Bertz CT molecular complexity index is 661. The van der Waals surface area contributed by atoms with Crippen molar-refractivity contribution in [2.24, 2.45) is 5.73 Å². The smallest absolute Gasteiger partial charge is 0.224 e. The van der Waals surface area contributed by atoms with Crippen LogP contribution in [0.25, 0.3) is 0 Å². The molecule has 0 bridgehead atoms. The van der Waals surface area contributed by atoms with Crippen LogP contribution in [-0.2, 0) is 17.6 Å². The summed E-state index contributed by atoms with van der Waals surface area (Å²) in [6.07, 6.45) is 3.21. The summed E-state index contributed by atoms with van der Waals surface area (Å²) < 4.78 is 5.74. The van der Waals surface area contributed by atoms with Gasteiger partial charge in [0.1, 0.15) is 11.5 Å². The quantitative estimate of drug-likeness (QED) is 0.909. The molecule has 0 saturated carbocycles. The molecule has 0 spiro atoms. The van der Waals surface area contributed by atoms with Gasteiger partial charge in [0.2, 0.25) is 5.91 Å². The van der Waals surface area contributed by atoms with Gasteiger partial charge in [-0.3, -0.25) is 4.79 Å². The van der Waals surface area contributed by atoms with Crippen molar-refractivity contribution in [3.8, 4) is 0 Å². The number of rotatable bonds is 3. The number of hydrogen-bond donors (Lipinski definition) is 2. The van der Waals surface area contributed by atoms with Gasteiger partial charge in [0.25, 0.3) is 0 Å². The van der Waals surface area contributed by atoms with Gasteiger partial charge >= 0.3 is 0 Å². The third kappa shape index (κ3) is 2.85. The summed E-state index contributed by atoms with van der Waals surface area (Å²) >= 11 is 0. The second-order valence-electron chi connectivity index (χ2n) is 5.45. The maximum absolute atomic E-state index is 11.6. The van der Waals surface area contributed by atoms with Crippen molar-refractivity contribution in [1.82, 2.24) is 0 Å². The Kier molecular flexibility index (Phi) is 3.80. The summed E-state index contributed by atoms with van der Waals surface area (Å²) in [5.74, 6) is 1.82. The summed E-state index contributed by atoms with van der Waals surface area (Å²) in [4.78, 5) is 11.6. The first-order valence-corrected chi connectivity index (χ1v) is 7.44. The Labute approximate surface area is 124 Å². The fraction of sp³-hybridized carbons (Fsp3) is 0.353. The lowest BCUT2D eigenvalue weighted by atomic mass is 9.99. The van der Waals surface area contributed by atoms with Crippen molar-refractivity contribution < 1.29 is 9.21 Å². The Balaban J connectivity index is 1.89. The van der Waals surface area contributed by atoms with E-state index >= 15 is 0 Å². The van der Waals surface area contributed by atoms with Crippen LogP contribution in [0, 0.1) is 0 Å². The van der Waals surface area contributed by atoms with Gasteiger partial charge in [-0.15, -0.1) is 0 Å². The lowest BCUT2D eigenvalue weighted by Gasteiger charge is -2.13. The number of amides is 1. The molecule has 2 heterocycles. The number of nitrogens with two attached hydrogens (primary N) is 1. The summed E-state index contributed by atoms with van der Waals surface area (Å²) in [7, 11) is 0. The largest absolute Gasteiger partial charge is 0.464 e. The monoisotopic (exact) mass is 284 g/mol. The number of carbonyl (C=O) groups is 1. The van der Waals surface area contributed by atoms with Gasteiger partial charge in [-0.25, -0.2) is 0 Å². The van der Waals surface area contributed by atoms with Crippen molar-refractivity contribution in [3.05, 3.63) is 53.0 Å². The van der Waals surface area contributed by atoms with Gasteiger partial charge in [-0.2, -0.15) is 0 Å². The molecule has 1 unspecified atom stereocenters. The van der Waals surface area contributed by atoms with Crippen LogP contribution >= 0.6 is 0 Å². The van der Waals surface area contributed by atoms with E-state index < -0.39 is 0 Å². The van der Waals surface area contributed by atoms with Gasteiger partial charge in [0, 0.05) is 18.5 Å².